The fourth-order valence-corrected chi connectivity index (χ4v) is 2.73. The topological polar surface area (TPSA) is 58.2 Å². The Balaban J connectivity index is 1.52. The van der Waals surface area contributed by atoms with Crippen molar-refractivity contribution in [3.8, 4) is 0 Å². The molecule has 130 valence electrons. The van der Waals surface area contributed by atoms with Crippen molar-refractivity contribution < 1.29 is 14.0 Å². The summed E-state index contributed by atoms with van der Waals surface area (Å²) < 4.78 is 12.9. The van der Waals surface area contributed by atoms with Gasteiger partial charge in [0, 0.05) is 17.3 Å². The lowest BCUT2D eigenvalue weighted by atomic mass is 10.0. The van der Waals surface area contributed by atoms with Crippen molar-refractivity contribution in [1.29, 1.82) is 0 Å². The summed E-state index contributed by atoms with van der Waals surface area (Å²) in [6.07, 6.45) is 1.71. The smallest absolute Gasteiger partial charge is 0.240 e. The lowest BCUT2D eigenvalue weighted by molar-refractivity contribution is -0.134. The molecule has 2 amide bonds. The highest BCUT2D eigenvalue weighted by Crippen LogP contribution is 2.46. The zero-order chi connectivity index (χ0) is 17.9. The summed E-state index contributed by atoms with van der Waals surface area (Å²) in [7, 11) is 0. The lowest BCUT2D eigenvalue weighted by Gasteiger charge is -2.15. The van der Waals surface area contributed by atoms with Gasteiger partial charge < -0.3 is 10.6 Å². The Morgan fingerprint density at radius 1 is 1.00 bits per heavy atom. The maximum atomic E-state index is 12.9. The predicted octanol–water partition coefficient (Wildman–Crippen LogP) is 3.56. The van der Waals surface area contributed by atoms with Gasteiger partial charge in [-0.3, -0.25) is 9.59 Å². The van der Waals surface area contributed by atoms with E-state index in [-0.39, 0.29) is 17.6 Å². The molecular formula is C19H18ClFN2O2. The first-order valence-corrected chi connectivity index (χ1v) is 8.47. The van der Waals surface area contributed by atoms with E-state index < -0.39 is 5.41 Å². The molecular weight excluding hydrogens is 343 g/mol. The molecule has 0 spiro atoms. The van der Waals surface area contributed by atoms with Crippen LogP contribution >= 0.6 is 11.6 Å². The minimum absolute atomic E-state index is 0.263. The van der Waals surface area contributed by atoms with Gasteiger partial charge in [0.2, 0.25) is 11.8 Å². The van der Waals surface area contributed by atoms with E-state index >= 15 is 0 Å². The highest BCUT2D eigenvalue weighted by atomic mass is 35.5. The van der Waals surface area contributed by atoms with Crippen molar-refractivity contribution in [3.63, 3.8) is 0 Å². The molecule has 0 aliphatic heterocycles. The third kappa shape index (κ3) is 4.17. The van der Waals surface area contributed by atoms with Crippen LogP contribution in [0.3, 0.4) is 0 Å². The third-order valence-corrected chi connectivity index (χ3v) is 4.59. The number of anilines is 1. The Morgan fingerprint density at radius 3 is 2.24 bits per heavy atom. The van der Waals surface area contributed by atoms with Gasteiger partial charge in [0.1, 0.15) is 11.2 Å². The van der Waals surface area contributed by atoms with Crippen molar-refractivity contribution in [2.45, 2.75) is 19.3 Å². The fourth-order valence-electron chi connectivity index (χ4n) is 2.61. The van der Waals surface area contributed by atoms with Crippen LogP contribution in [0.1, 0.15) is 18.4 Å². The van der Waals surface area contributed by atoms with Crippen LogP contribution in [0.25, 0.3) is 0 Å². The van der Waals surface area contributed by atoms with Crippen LogP contribution < -0.4 is 10.6 Å². The molecule has 0 radical (unpaired) electrons. The maximum absolute atomic E-state index is 12.9. The Hall–Kier alpha value is -2.40. The molecule has 1 aliphatic carbocycles. The summed E-state index contributed by atoms with van der Waals surface area (Å²) in [6.45, 7) is 0.450. The molecule has 2 aromatic rings. The first kappa shape index (κ1) is 17.4. The van der Waals surface area contributed by atoms with E-state index in [1.807, 2.05) is 12.1 Å². The van der Waals surface area contributed by atoms with Crippen LogP contribution in [-0.4, -0.2) is 18.4 Å². The van der Waals surface area contributed by atoms with E-state index in [0.717, 1.165) is 5.56 Å². The van der Waals surface area contributed by atoms with Crippen molar-refractivity contribution in [2.75, 3.05) is 11.9 Å². The molecule has 0 saturated heterocycles. The summed E-state index contributed by atoms with van der Waals surface area (Å²) in [6, 6.07) is 12.9. The number of carbonyl (C=O) groups is 2. The minimum atomic E-state index is -1.01. The summed E-state index contributed by atoms with van der Waals surface area (Å²) in [5.74, 6) is -0.983. The minimum Gasteiger partial charge on any atom is -0.355 e. The Morgan fingerprint density at radius 2 is 1.64 bits per heavy atom. The van der Waals surface area contributed by atoms with Gasteiger partial charge in [-0.2, -0.15) is 0 Å². The van der Waals surface area contributed by atoms with E-state index in [1.54, 1.807) is 12.1 Å². The second-order valence-corrected chi connectivity index (χ2v) is 6.61. The van der Waals surface area contributed by atoms with Gasteiger partial charge in [0.25, 0.3) is 0 Å². The number of benzene rings is 2. The molecule has 0 unspecified atom stereocenters. The van der Waals surface area contributed by atoms with Crippen LogP contribution in [0.2, 0.25) is 5.02 Å². The van der Waals surface area contributed by atoms with Gasteiger partial charge >= 0.3 is 0 Å². The van der Waals surface area contributed by atoms with Gasteiger partial charge in [-0.05, 0) is 61.2 Å². The maximum Gasteiger partial charge on any atom is 0.240 e. The molecule has 2 N–H and O–H groups in total. The Labute approximate surface area is 150 Å². The Kier molecular flexibility index (Phi) is 5.04. The molecule has 1 fully saturated rings. The average Bonchev–Trinajstić information content (AvgIpc) is 3.41. The number of rotatable bonds is 6. The van der Waals surface area contributed by atoms with Crippen LogP contribution in [0.4, 0.5) is 10.1 Å². The zero-order valence-electron chi connectivity index (χ0n) is 13.5. The number of amides is 2. The van der Waals surface area contributed by atoms with Crippen LogP contribution in [-0.2, 0) is 16.0 Å². The number of carbonyl (C=O) groups excluding carboxylic acids is 2. The van der Waals surface area contributed by atoms with Gasteiger partial charge in [0.15, 0.2) is 0 Å². The molecule has 0 bridgehead atoms. The molecule has 2 aromatic carbocycles. The lowest BCUT2D eigenvalue weighted by Crippen LogP contribution is -2.40. The number of hydrogen-bond acceptors (Lipinski definition) is 2. The number of halogens is 2. The fraction of sp³-hybridized carbons (Fsp3) is 0.263. The summed E-state index contributed by atoms with van der Waals surface area (Å²) in [5, 5.41) is 6.19. The summed E-state index contributed by atoms with van der Waals surface area (Å²) >= 11 is 5.84. The van der Waals surface area contributed by atoms with Crippen molar-refractivity contribution in [3.05, 3.63) is 64.9 Å². The largest absolute Gasteiger partial charge is 0.355 e. The molecule has 0 heterocycles. The second-order valence-electron chi connectivity index (χ2n) is 6.18. The van der Waals surface area contributed by atoms with Crippen LogP contribution in [0.15, 0.2) is 48.5 Å². The first-order chi connectivity index (χ1) is 12.0. The molecule has 1 aliphatic rings. The standard InChI is InChI=1S/C19H18ClFN2O2/c20-14-3-1-13(2-4-14)9-12-22-17(24)19(10-11-19)18(25)23-16-7-5-15(21)6-8-16/h1-8H,9-12H2,(H,22,24)(H,23,25). The Bertz CT molecular complexity index is 771. The van der Waals surface area contributed by atoms with Gasteiger partial charge in [-0.15, -0.1) is 0 Å². The summed E-state index contributed by atoms with van der Waals surface area (Å²) in [5.41, 5.74) is 0.533. The van der Waals surface area contributed by atoms with E-state index in [1.165, 1.54) is 24.3 Å². The number of hydrogen-bond donors (Lipinski definition) is 2. The van der Waals surface area contributed by atoms with Crippen molar-refractivity contribution in [1.82, 2.24) is 5.32 Å². The van der Waals surface area contributed by atoms with Crippen LogP contribution in [0, 0.1) is 11.2 Å². The molecule has 6 heteroatoms. The molecule has 0 atom stereocenters. The third-order valence-electron chi connectivity index (χ3n) is 4.33. The van der Waals surface area contributed by atoms with E-state index in [2.05, 4.69) is 10.6 Å². The molecule has 25 heavy (non-hydrogen) atoms. The number of nitrogens with one attached hydrogen (secondary N) is 2. The van der Waals surface area contributed by atoms with Gasteiger partial charge in [-0.25, -0.2) is 4.39 Å². The second kappa shape index (κ2) is 7.23. The summed E-state index contributed by atoms with van der Waals surface area (Å²) in [4.78, 5) is 24.8. The van der Waals surface area contributed by atoms with Gasteiger partial charge in [0.05, 0.1) is 0 Å². The average molecular weight is 361 g/mol. The molecule has 1 saturated carbocycles. The molecule has 0 aromatic heterocycles. The normalized spacial score (nSPS) is 14.6. The quantitative estimate of drug-likeness (QED) is 0.774. The molecule has 4 nitrogen and oxygen atoms in total. The zero-order valence-corrected chi connectivity index (χ0v) is 14.3. The van der Waals surface area contributed by atoms with Gasteiger partial charge in [-0.1, -0.05) is 23.7 Å². The SMILES string of the molecule is O=C(NCCc1ccc(Cl)cc1)C1(C(=O)Nc2ccc(F)cc2)CC1. The highest BCUT2D eigenvalue weighted by molar-refractivity contribution is 6.30. The molecule has 3 rings (SSSR count). The predicted molar refractivity (Wildman–Crippen MR) is 94.9 cm³/mol. The van der Waals surface area contributed by atoms with Crippen LogP contribution in [0.5, 0.6) is 0 Å². The van der Waals surface area contributed by atoms with E-state index in [9.17, 15) is 14.0 Å². The van der Waals surface area contributed by atoms with E-state index in [4.69, 9.17) is 11.6 Å². The highest BCUT2D eigenvalue weighted by Gasteiger charge is 2.56. The van der Waals surface area contributed by atoms with Crippen molar-refractivity contribution in [2.24, 2.45) is 5.41 Å². The van der Waals surface area contributed by atoms with Crippen molar-refractivity contribution >= 4 is 29.1 Å². The first-order valence-electron chi connectivity index (χ1n) is 8.09. The van der Waals surface area contributed by atoms with E-state index in [0.29, 0.717) is 36.5 Å². The monoisotopic (exact) mass is 360 g/mol.